The molecule has 140 heavy (non-hydrogen) atoms. The highest BCUT2D eigenvalue weighted by Crippen LogP contribution is 2.49. The average Bonchev–Trinajstić information content (AvgIpc) is 0.655. The summed E-state index contributed by atoms with van der Waals surface area (Å²) < 4.78 is 598. The summed E-state index contributed by atoms with van der Waals surface area (Å²) in [5.41, 5.74) is -18.9. The van der Waals surface area contributed by atoms with Gasteiger partial charge in [-0.1, -0.05) is 219 Å². The Morgan fingerprint density at radius 3 is 0.643 bits per heavy atom. The second-order valence-corrected chi connectivity index (χ2v) is 34.7. The van der Waals surface area contributed by atoms with Crippen LogP contribution in [0.15, 0.2) is 170 Å². The second kappa shape index (κ2) is 58.7. The third-order valence-corrected chi connectivity index (χ3v) is 23.6. The van der Waals surface area contributed by atoms with Gasteiger partial charge < -0.3 is 103 Å². The van der Waals surface area contributed by atoms with Crippen LogP contribution in [0.1, 0.15) is 399 Å². The Kier molecular flexibility index (Phi) is 22.1. The summed E-state index contributed by atoms with van der Waals surface area (Å²) in [7, 11) is 21.1. The number of benzene rings is 7. The molecular weight excluding hydrogens is 1750 g/mol. The summed E-state index contributed by atoms with van der Waals surface area (Å²) in [6, 6.07) is 40.1. The molecule has 7 fully saturated rings. The molecule has 0 amide bonds. The molecule has 0 saturated heterocycles. The quantitative estimate of drug-likeness (QED) is 0.0196. The molecule has 784 valence electrons. The second-order valence-electron chi connectivity index (χ2n) is 34.7. The van der Waals surface area contributed by atoms with Crippen molar-refractivity contribution in [3.8, 4) is 40.2 Å². The van der Waals surface area contributed by atoms with Gasteiger partial charge in [0.2, 0.25) is 0 Å². The molecule has 14 rings (SSSR count). The zero-order valence-corrected chi connectivity index (χ0v) is 82.3. The van der Waals surface area contributed by atoms with Crippen molar-refractivity contribution < 1.29 is 163 Å². The van der Waals surface area contributed by atoms with Gasteiger partial charge in [0.25, 0.3) is 0 Å². The standard InChI is InChI=1S/7C17H27NO2/c7*1-18(2)13-16(17(19)11-5-4-6-12-17)14-7-9-15(20-3)10-8-14/h7*7-10,16,19H,4-6,11-13H2,1-3H3/i1D3,2D3,4D2,5D2,6D2,11D2,12D2;4D2,5D2,6D2,11D2,12D2,13D2;1D3,4D2,5D2,6D2,11D2,12D2;4D2,5D2,6D2,11D2,12D2;1D3,2D3,13D2,16D;1D3,13D2,16D;13D2,16D. The predicted octanol–water partition coefficient (Wildman–Crippen LogP) is 21.2. The molecule has 7 atom stereocenters. The molecule has 7 aliphatic carbocycles. The number of aliphatic hydroxyl groups is 7. The molecule has 0 spiro atoms. The summed E-state index contributed by atoms with van der Waals surface area (Å²) in [6.07, 6.45) is -66.2. The van der Waals surface area contributed by atoms with Crippen LogP contribution >= 0.6 is 0 Å². The molecule has 7 unspecified atom stereocenters. The summed E-state index contributed by atoms with van der Waals surface area (Å²) >= 11 is 0. The van der Waals surface area contributed by atoms with E-state index < -0.39 is 289 Å². The van der Waals surface area contributed by atoms with Crippen LogP contribution in [0, 0.1) is 0 Å². The van der Waals surface area contributed by atoms with Crippen molar-refractivity contribution in [2.45, 2.75) is 304 Å². The lowest BCUT2D eigenvalue weighted by atomic mass is 9.72. The number of hydrogen-bond donors (Lipinski definition) is 7. The van der Waals surface area contributed by atoms with Crippen LogP contribution in [-0.4, -0.2) is 303 Å². The first-order valence-electron chi connectivity index (χ1n) is 80.1. The third-order valence-electron chi connectivity index (χ3n) is 23.6. The molecule has 0 bridgehead atoms. The Hall–Kier alpha value is -7.42. The normalized spacial score (nSPS) is 36.0. The van der Waals surface area contributed by atoms with E-state index in [-0.39, 0.29) is 81.2 Å². The number of hydrogen-bond acceptors (Lipinski definition) is 21. The van der Waals surface area contributed by atoms with Gasteiger partial charge in [-0.25, -0.2) is 0 Å². The van der Waals surface area contributed by atoms with Crippen molar-refractivity contribution in [1.29, 1.82) is 0 Å². The van der Waals surface area contributed by atoms with Crippen LogP contribution in [0.2, 0.25) is 0 Å². The minimum Gasteiger partial charge on any atom is -0.497 e. The van der Waals surface area contributed by atoms with Crippen molar-refractivity contribution >= 4 is 0 Å². The molecule has 21 nitrogen and oxygen atoms in total. The molecule has 7 N–H and O–H groups in total. The number of rotatable bonds is 35. The molecule has 7 aromatic rings. The van der Waals surface area contributed by atoms with Crippen LogP contribution in [0.5, 0.6) is 40.2 Å². The van der Waals surface area contributed by atoms with Crippen LogP contribution < -0.4 is 33.2 Å². The van der Waals surface area contributed by atoms with E-state index in [0.29, 0.717) is 83.5 Å². The van der Waals surface area contributed by atoms with E-state index >= 15 is 0 Å². The Morgan fingerprint density at radius 1 is 0.236 bits per heavy atom. The smallest absolute Gasteiger partial charge is 0.118 e. The van der Waals surface area contributed by atoms with Gasteiger partial charge in [0.1, 0.15) is 40.2 Å². The Bertz CT molecular complexity index is 7660. The van der Waals surface area contributed by atoms with Crippen LogP contribution in [0.25, 0.3) is 0 Å². The lowest BCUT2D eigenvalue weighted by molar-refractivity contribution is -0.0280. The van der Waals surface area contributed by atoms with Crippen molar-refractivity contribution in [2.75, 3.05) is 194 Å². The maximum absolute atomic E-state index is 11.8. The molecule has 0 heterocycles. The van der Waals surface area contributed by atoms with Gasteiger partial charge in [-0.05, 0) is 312 Å². The van der Waals surface area contributed by atoms with Crippen molar-refractivity contribution in [2.24, 2.45) is 0 Å². The highest BCUT2D eigenvalue weighted by molar-refractivity contribution is 5.38. The molecule has 0 aliphatic heterocycles. The first kappa shape index (κ1) is 52.8. The van der Waals surface area contributed by atoms with Gasteiger partial charge in [0.05, 0.1) is 89.0 Å². The van der Waals surface area contributed by atoms with Crippen LogP contribution in [-0.2, 0) is 0 Å². The fourth-order valence-corrected chi connectivity index (χ4v) is 16.4. The molecule has 0 aromatic heterocycles. The van der Waals surface area contributed by atoms with Gasteiger partial charge in [0, 0.05) is 182 Å². The van der Waals surface area contributed by atoms with Gasteiger partial charge >= 0.3 is 0 Å². The number of methoxy groups -OCH3 is 7. The highest BCUT2D eigenvalue weighted by atomic mass is 16.5. The SMILES string of the molecule is [2H]C([2H])(C(c1ccc(OC)cc1)C1(O)C([2H])([2H])C([2H])([2H])C([2H])([2H])C([2H])([2H])C1([2H])[2H])N(C)C.[2H]C([2H])(N(C)C)C([2H])(c1ccc(OC)cc1)C1(O)CCCCC1.[2H]C([2H])([2H])N(C([2H])([2H])[2H])C([2H])([2H])C([2H])(c1ccc(OC)cc1)C1(O)CCCCC1.[2H]C([2H])([2H])N(C)C([2H])([2H])C([2H])(c1ccc(OC)cc1)C1(O)CCCCC1.[2H]C([2H])([2H])N(C)CC(c1ccc(OC)cc1)C1(O)C([2H])([2H])C([2H])([2H])C([2H])([2H])C([2H])([2H])C1([2H])[2H].[2H]C([2H])([2H])N(CC(c1ccc(OC)cc1)C1(O)C([2H])([2H])C([2H])([2H])C([2H])([2H])C([2H])([2H])C1([2H])[2H])C([2H])([2H])[2H].[2H]C1([2H])C([2H])([2H])C([2H])([2H])C(O)(C(CN(C)C)c2ccc(OC)cc2)C([2H])([2H])C1([2H])[2H]. The fraction of sp³-hybridized carbons (Fsp3) is 0.647. The summed E-state index contributed by atoms with van der Waals surface area (Å²) in [6.45, 7) is -31.8. The lowest BCUT2D eigenvalue weighted by Gasteiger charge is -2.40. The Labute approximate surface area is 943 Å². The average molecular weight is 2010 g/mol. The van der Waals surface area contributed by atoms with Crippen LogP contribution in [0.3, 0.4) is 0 Å². The van der Waals surface area contributed by atoms with E-state index in [4.69, 9.17) is 128 Å². The van der Waals surface area contributed by atoms with E-state index in [1.54, 1.807) is 71.7 Å². The van der Waals surface area contributed by atoms with Crippen molar-refractivity contribution in [1.82, 2.24) is 34.3 Å². The minimum absolute atomic E-state index is 0.0174. The largest absolute Gasteiger partial charge is 0.497 e. The Morgan fingerprint density at radius 2 is 0.429 bits per heavy atom. The molecule has 21 heteroatoms. The van der Waals surface area contributed by atoms with Crippen LogP contribution in [0.4, 0.5) is 0 Å². The summed E-state index contributed by atoms with van der Waals surface area (Å²) in [5, 5.41) is 81.1. The first-order chi connectivity index (χ1) is 93.5. The number of likely N-dealkylation sites (N-methyl/N-ethyl adjacent to an activating group) is 7. The minimum atomic E-state index is -3.92. The fourth-order valence-electron chi connectivity index (χ4n) is 16.4. The van der Waals surface area contributed by atoms with E-state index in [0.717, 1.165) is 68.1 Å². The van der Waals surface area contributed by atoms with E-state index in [1.807, 2.05) is 0 Å². The third kappa shape index (κ3) is 36.7. The van der Waals surface area contributed by atoms with Gasteiger partial charge in [-0.3, -0.25) is 0 Å². The van der Waals surface area contributed by atoms with E-state index in [9.17, 15) is 35.7 Å². The van der Waals surface area contributed by atoms with Crippen molar-refractivity contribution in [3.05, 3.63) is 209 Å². The first-order valence-corrected chi connectivity index (χ1v) is 45.6. The molecule has 7 aromatic carbocycles. The molecular formula is C119H189N7O14. The zero-order chi connectivity index (χ0) is 163. The maximum Gasteiger partial charge on any atom is 0.118 e. The molecule has 7 saturated carbocycles. The highest BCUT2D eigenvalue weighted by Gasteiger charge is 2.46. The Balaban J connectivity index is 0.000000290. The summed E-state index contributed by atoms with van der Waals surface area (Å²) in [5.74, 6) is -11.3. The topological polar surface area (TPSA) is 229 Å². The summed E-state index contributed by atoms with van der Waals surface area (Å²) in [4.78, 5) is 4.82. The molecule has 0 radical (unpaired) electrons. The van der Waals surface area contributed by atoms with Gasteiger partial charge in [-0.15, -0.1) is 0 Å². The van der Waals surface area contributed by atoms with Crippen molar-refractivity contribution in [3.63, 3.8) is 0 Å². The number of ether oxygens (including phenoxy) is 7. The van der Waals surface area contributed by atoms with Gasteiger partial charge in [-0.2, -0.15) is 0 Å². The maximum atomic E-state index is 11.8. The van der Waals surface area contributed by atoms with Gasteiger partial charge in [0.15, 0.2) is 0 Å². The van der Waals surface area contributed by atoms with E-state index in [2.05, 4.69) is 0 Å². The monoisotopic (exact) mass is 2010 g/mol. The number of nitrogens with zero attached hydrogens (tertiary/aromatic N) is 7. The predicted molar refractivity (Wildman–Crippen MR) is 576 cm³/mol. The molecule has 7 aliphatic rings. The van der Waals surface area contributed by atoms with E-state index in [1.165, 1.54) is 188 Å². The zero-order valence-electron chi connectivity index (χ0n) is 151. The lowest BCUT2D eigenvalue weighted by Crippen LogP contribution is -2.42.